The number of hydrogen-bond donors (Lipinski definition) is 1. The topological polar surface area (TPSA) is 64.1 Å². The van der Waals surface area contributed by atoms with E-state index in [-0.39, 0.29) is 11.7 Å². The third-order valence-corrected chi connectivity index (χ3v) is 5.26. The van der Waals surface area contributed by atoms with Crippen molar-refractivity contribution in [1.82, 2.24) is 15.5 Å². The Bertz CT molecular complexity index is 978. The average Bonchev–Trinajstić information content (AvgIpc) is 2.66. The molecule has 0 aliphatic carbocycles. The van der Waals surface area contributed by atoms with Crippen LogP contribution in [0.5, 0.6) is 5.75 Å². The van der Waals surface area contributed by atoms with Crippen molar-refractivity contribution in [2.24, 2.45) is 0 Å². The van der Waals surface area contributed by atoms with E-state index in [1.54, 1.807) is 6.07 Å². The summed E-state index contributed by atoms with van der Waals surface area (Å²) in [5.74, 6) is -0.163. The number of amides is 1. The number of methoxy groups -OCH3 is 1. The van der Waals surface area contributed by atoms with Crippen molar-refractivity contribution in [3.63, 3.8) is 0 Å². The van der Waals surface area contributed by atoms with Crippen molar-refractivity contribution in [2.75, 3.05) is 13.7 Å². The summed E-state index contributed by atoms with van der Waals surface area (Å²) in [7, 11) is 1.50. The van der Waals surface area contributed by atoms with Crippen molar-refractivity contribution in [1.29, 1.82) is 0 Å². The number of fused-ring (bicyclic) bond motifs is 1. The molecule has 1 atom stereocenters. The number of halogens is 1. The van der Waals surface area contributed by atoms with Gasteiger partial charge in [0.1, 0.15) is 0 Å². The van der Waals surface area contributed by atoms with Gasteiger partial charge in [0.25, 0.3) is 0 Å². The van der Waals surface area contributed by atoms with Gasteiger partial charge < -0.3 is 0 Å². The molecule has 1 heterocycles. The molecule has 0 aliphatic rings. The van der Waals surface area contributed by atoms with Crippen LogP contribution in [-0.4, -0.2) is 46.6 Å². The van der Waals surface area contributed by atoms with Crippen molar-refractivity contribution in [2.45, 2.75) is 13.3 Å². The van der Waals surface area contributed by atoms with Crippen LogP contribution in [0.4, 0.5) is 4.39 Å². The van der Waals surface area contributed by atoms with E-state index in [9.17, 15) is 9.18 Å². The zero-order valence-electron chi connectivity index (χ0n) is 14.5. The molecule has 0 aliphatic heterocycles. The first-order valence-electron chi connectivity index (χ1n) is 8.23. The third-order valence-electron chi connectivity index (χ3n) is 4.04. The summed E-state index contributed by atoms with van der Waals surface area (Å²) in [6.07, 6.45) is 0.853. The molecule has 0 fully saturated rings. The average molecular weight is 415 g/mol. The van der Waals surface area contributed by atoms with Crippen LogP contribution >= 0.6 is 0 Å². The van der Waals surface area contributed by atoms with Crippen molar-refractivity contribution < 1.29 is 13.9 Å². The quantitative estimate of drug-likeness (QED) is 0.647. The van der Waals surface area contributed by atoms with E-state index in [2.05, 4.69) is 15.5 Å². The summed E-state index contributed by atoms with van der Waals surface area (Å²) in [4.78, 5) is 12.3. The fourth-order valence-electron chi connectivity index (χ4n) is 2.74. The molecule has 0 saturated carbocycles. The number of nitrogens with zero attached hydrogens (tertiary/aromatic N) is 2. The normalized spacial score (nSPS) is 10.8. The Kier molecular flexibility index (Phi) is 5.52. The minimum atomic E-state index is -0.369. The van der Waals surface area contributed by atoms with Crippen molar-refractivity contribution in [3.05, 3.63) is 47.9 Å². The predicted octanol–water partition coefficient (Wildman–Crippen LogP) is 1.84. The molecule has 26 heavy (non-hydrogen) atoms. The van der Waals surface area contributed by atoms with Crippen LogP contribution in [-0.2, 0) is 0 Å². The Labute approximate surface area is 159 Å². The van der Waals surface area contributed by atoms with E-state index in [1.165, 1.54) is 36.1 Å². The molecule has 2 aromatic carbocycles. The summed E-state index contributed by atoms with van der Waals surface area (Å²) < 4.78 is 19.7. The molecule has 1 N–H and O–H groups in total. The maximum absolute atomic E-state index is 13.5. The van der Waals surface area contributed by atoms with Gasteiger partial charge in [0, 0.05) is 0 Å². The van der Waals surface area contributed by atoms with Gasteiger partial charge >= 0.3 is 159 Å². The van der Waals surface area contributed by atoms with E-state index >= 15 is 0 Å². The van der Waals surface area contributed by atoms with Gasteiger partial charge in [-0.25, -0.2) is 0 Å². The minimum absolute atomic E-state index is 0.217. The van der Waals surface area contributed by atoms with Gasteiger partial charge in [-0.05, 0) is 0 Å². The molecule has 1 unspecified atom stereocenters. The van der Waals surface area contributed by atoms with Crippen molar-refractivity contribution >= 4 is 38.0 Å². The SMILES string of the molecule is CCCNC(=O)c1nnc2c(-c3ccc(F)cc3OC)cccc2c1[AsH2]. The zero-order chi connectivity index (χ0) is 18.7. The zero-order valence-corrected chi connectivity index (χ0v) is 17.0. The van der Waals surface area contributed by atoms with E-state index in [1.807, 2.05) is 25.1 Å². The van der Waals surface area contributed by atoms with Gasteiger partial charge in [-0.1, -0.05) is 0 Å². The van der Waals surface area contributed by atoms with Crippen LogP contribution in [0, 0.1) is 5.82 Å². The molecular weight excluding hydrogens is 396 g/mol. The van der Waals surface area contributed by atoms with Crippen LogP contribution in [0.15, 0.2) is 36.4 Å². The van der Waals surface area contributed by atoms with Crippen LogP contribution in [0.2, 0.25) is 0 Å². The van der Waals surface area contributed by atoms with Crippen LogP contribution in [0.3, 0.4) is 0 Å². The Balaban J connectivity index is 2.16. The molecule has 1 amide bonds. The summed E-state index contributed by atoms with van der Waals surface area (Å²) >= 11 is 1.31. The van der Waals surface area contributed by atoms with E-state index in [0.29, 0.717) is 23.5 Å². The van der Waals surface area contributed by atoms with Crippen LogP contribution < -0.4 is 14.4 Å². The number of hydrogen-bond acceptors (Lipinski definition) is 4. The second-order valence-corrected chi connectivity index (χ2v) is 6.98. The number of ether oxygens (including phenoxy) is 1. The fourth-order valence-corrected chi connectivity index (χ4v) is 3.63. The number of carbonyl (C=O) groups excluding carboxylic acids is 1. The number of rotatable bonds is 5. The van der Waals surface area contributed by atoms with Gasteiger partial charge in [-0.2, -0.15) is 0 Å². The van der Waals surface area contributed by atoms with E-state index in [0.717, 1.165) is 27.3 Å². The molecule has 0 spiro atoms. The molecule has 0 radical (unpaired) electrons. The molecule has 3 aromatic rings. The Morgan fingerprint density at radius 2 is 2.04 bits per heavy atom. The Morgan fingerprint density at radius 1 is 1.23 bits per heavy atom. The Morgan fingerprint density at radius 3 is 2.77 bits per heavy atom. The molecule has 1 aromatic heterocycles. The van der Waals surface area contributed by atoms with Crippen molar-refractivity contribution in [3.8, 4) is 16.9 Å². The second-order valence-electron chi connectivity index (χ2n) is 5.76. The molecule has 5 nitrogen and oxygen atoms in total. The molecule has 0 bridgehead atoms. The summed E-state index contributed by atoms with van der Waals surface area (Å²) in [6.45, 7) is 2.59. The number of aromatic nitrogens is 2. The van der Waals surface area contributed by atoms with Gasteiger partial charge in [0.2, 0.25) is 0 Å². The fraction of sp³-hybridized carbons (Fsp3) is 0.211. The van der Waals surface area contributed by atoms with Gasteiger partial charge in [-0.15, -0.1) is 0 Å². The summed E-state index contributed by atoms with van der Waals surface area (Å²) in [6, 6.07) is 10.1. The third kappa shape index (κ3) is 3.42. The molecule has 3 rings (SSSR count). The first-order valence-corrected chi connectivity index (χ1v) is 9.45. The standard InChI is InChI=1S/C19H19AsFN3O2/c1-3-9-22-19(25)18-16(20)14-6-4-5-13(17(14)23-24-18)12-8-7-11(21)10-15(12)26-2/h4-8,10H,3,9,20H2,1-2H3,(H,22,25). The molecule has 0 saturated heterocycles. The first kappa shape index (κ1) is 18.3. The first-order chi connectivity index (χ1) is 12.6. The summed E-state index contributed by atoms with van der Waals surface area (Å²) in [5.41, 5.74) is 2.51. The van der Waals surface area contributed by atoms with Gasteiger partial charge in [0.15, 0.2) is 0 Å². The summed E-state index contributed by atoms with van der Waals surface area (Å²) in [5, 5.41) is 12.1. The van der Waals surface area contributed by atoms with Crippen LogP contribution in [0.1, 0.15) is 23.8 Å². The number of nitrogens with one attached hydrogen (secondary N) is 1. The van der Waals surface area contributed by atoms with Gasteiger partial charge in [0.05, 0.1) is 0 Å². The van der Waals surface area contributed by atoms with Gasteiger partial charge in [-0.3, -0.25) is 0 Å². The predicted molar refractivity (Wildman–Crippen MR) is 102 cm³/mol. The second kappa shape index (κ2) is 7.83. The van der Waals surface area contributed by atoms with E-state index < -0.39 is 0 Å². The number of carbonyl (C=O) groups is 1. The van der Waals surface area contributed by atoms with E-state index in [4.69, 9.17) is 4.74 Å². The number of benzene rings is 2. The van der Waals surface area contributed by atoms with Crippen LogP contribution in [0.25, 0.3) is 22.0 Å². The maximum atomic E-state index is 13.5. The molecule has 134 valence electrons. The molecular formula is C19H19AsFN3O2. The molecule has 7 heteroatoms. The Hall–Kier alpha value is -2.46. The monoisotopic (exact) mass is 415 g/mol.